The molecule has 0 fully saturated rings. The van der Waals surface area contributed by atoms with Gasteiger partial charge in [-0.3, -0.25) is 9.48 Å². The van der Waals surface area contributed by atoms with Gasteiger partial charge in [0, 0.05) is 18.1 Å². The number of rotatable bonds is 3. The summed E-state index contributed by atoms with van der Waals surface area (Å²) in [5.41, 5.74) is 0.0938. The quantitative estimate of drug-likeness (QED) is 0.768. The summed E-state index contributed by atoms with van der Waals surface area (Å²) in [5, 5.41) is 4.00. The fraction of sp³-hybridized carbons (Fsp3) is 0.0909. The fourth-order valence-electron chi connectivity index (χ4n) is 1.30. The van der Waals surface area contributed by atoms with Crippen molar-refractivity contribution >= 4 is 18.0 Å². The first-order valence-electron chi connectivity index (χ1n) is 4.61. The topological polar surface area (TPSA) is 34.9 Å². The third kappa shape index (κ3) is 2.14. The third-order valence-corrected chi connectivity index (χ3v) is 3.06. The number of carbonyl (C=O) groups is 1. The molecule has 16 heavy (non-hydrogen) atoms. The highest BCUT2D eigenvalue weighted by Crippen LogP contribution is 2.30. The maximum atomic E-state index is 13.3. The maximum Gasteiger partial charge on any atom is 0.154 e. The minimum atomic E-state index is -0.496. The first-order chi connectivity index (χ1) is 7.70. The molecule has 2 aromatic rings. The van der Waals surface area contributed by atoms with Crippen molar-refractivity contribution in [1.29, 1.82) is 0 Å². The monoisotopic (exact) mass is 236 g/mol. The first kappa shape index (κ1) is 10.9. The third-order valence-electron chi connectivity index (χ3n) is 2.04. The van der Waals surface area contributed by atoms with E-state index >= 15 is 0 Å². The van der Waals surface area contributed by atoms with Gasteiger partial charge in [-0.05, 0) is 12.1 Å². The van der Waals surface area contributed by atoms with Gasteiger partial charge >= 0.3 is 0 Å². The van der Waals surface area contributed by atoms with Crippen molar-refractivity contribution in [2.75, 3.05) is 0 Å². The standard InChI is InChI=1S/C11H9FN2OS/c1-14-6-8(5-13-14)16-11-4-2-3-10(12)9(11)7-15/h2-7H,1H3. The molecular formula is C11H9FN2OS. The molecule has 0 unspecified atom stereocenters. The summed E-state index contributed by atoms with van der Waals surface area (Å²) in [5.74, 6) is -0.496. The van der Waals surface area contributed by atoms with Crippen molar-refractivity contribution in [2.24, 2.45) is 7.05 Å². The van der Waals surface area contributed by atoms with Crippen molar-refractivity contribution in [3.05, 3.63) is 42.0 Å². The van der Waals surface area contributed by atoms with E-state index in [0.29, 0.717) is 11.2 Å². The number of hydrogen-bond acceptors (Lipinski definition) is 3. The molecule has 1 aromatic heterocycles. The summed E-state index contributed by atoms with van der Waals surface area (Å²) < 4.78 is 14.9. The molecule has 5 heteroatoms. The van der Waals surface area contributed by atoms with E-state index in [1.165, 1.54) is 17.8 Å². The van der Waals surface area contributed by atoms with E-state index in [1.54, 1.807) is 30.1 Å². The molecule has 1 heterocycles. The number of hydrogen-bond donors (Lipinski definition) is 0. The molecule has 0 aliphatic heterocycles. The molecular weight excluding hydrogens is 227 g/mol. The Hall–Kier alpha value is -1.62. The average Bonchev–Trinajstić information content (AvgIpc) is 2.64. The molecule has 0 N–H and O–H groups in total. The van der Waals surface area contributed by atoms with Crippen LogP contribution >= 0.6 is 11.8 Å². The van der Waals surface area contributed by atoms with Crippen molar-refractivity contribution in [2.45, 2.75) is 9.79 Å². The molecule has 82 valence electrons. The number of benzene rings is 1. The Morgan fingerprint density at radius 3 is 2.94 bits per heavy atom. The molecule has 3 nitrogen and oxygen atoms in total. The fourth-order valence-corrected chi connectivity index (χ4v) is 2.26. The molecule has 0 aliphatic carbocycles. The average molecular weight is 236 g/mol. The summed E-state index contributed by atoms with van der Waals surface area (Å²) in [7, 11) is 1.80. The zero-order valence-electron chi connectivity index (χ0n) is 8.55. The van der Waals surface area contributed by atoms with Crippen LogP contribution in [0.2, 0.25) is 0 Å². The van der Waals surface area contributed by atoms with Gasteiger partial charge in [0.2, 0.25) is 0 Å². The second-order valence-electron chi connectivity index (χ2n) is 3.22. The van der Waals surface area contributed by atoms with Gasteiger partial charge in [-0.25, -0.2) is 4.39 Å². The zero-order valence-corrected chi connectivity index (χ0v) is 9.37. The van der Waals surface area contributed by atoms with E-state index in [0.717, 1.165) is 4.90 Å². The Morgan fingerprint density at radius 1 is 1.50 bits per heavy atom. The summed E-state index contributed by atoms with van der Waals surface area (Å²) in [6, 6.07) is 4.57. The lowest BCUT2D eigenvalue weighted by Crippen LogP contribution is -1.90. The van der Waals surface area contributed by atoms with E-state index in [2.05, 4.69) is 5.10 Å². The Kier molecular flexibility index (Phi) is 3.05. The lowest BCUT2D eigenvalue weighted by atomic mass is 10.2. The van der Waals surface area contributed by atoms with Crippen LogP contribution in [0.4, 0.5) is 4.39 Å². The SMILES string of the molecule is Cn1cc(Sc2cccc(F)c2C=O)cn1. The predicted octanol–water partition coefficient (Wildman–Crippen LogP) is 2.52. The molecule has 0 aliphatic rings. The smallest absolute Gasteiger partial charge is 0.154 e. The van der Waals surface area contributed by atoms with Crippen LogP contribution in [0.15, 0.2) is 40.4 Å². The number of nitrogens with zero attached hydrogens (tertiary/aromatic N) is 2. The summed E-state index contributed by atoms with van der Waals surface area (Å²) >= 11 is 1.32. The summed E-state index contributed by atoms with van der Waals surface area (Å²) in [6.45, 7) is 0. The van der Waals surface area contributed by atoms with Gasteiger partial charge in [0.05, 0.1) is 16.7 Å². The van der Waals surface area contributed by atoms with Gasteiger partial charge < -0.3 is 0 Å². The van der Waals surface area contributed by atoms with Crippen LogP contribution in [0.1, 0.15) is 10.4 Å². The summed E-state index contributed by atoms with van der Waals surface area (Å²) in [6.07, 6.45) is 4.02. The minimum absolute atomic E-state index is 0.0938. The van der Waals surface area contributed by atoms with Crippen LogP contribution in [0.5, 0.6) is 0 Å². The highest BCUT2D eigenvalue weighted by Gasteiger charge is 2.09. The Morgan fingerprint density at radius 2 is 2.31 bits per heavy atom. The lowest BCUT2D eigenvalue weighted by Gasteiger charge is -2.02. The zero-order chi connectivity index (χ0) is 11.5. The molecule has 0 amide bonds. The molecule has 1 aromatic carbocycles. The molecule has 0 bridgehead atoms. The predicted molar refractivity (Wildman–Crippen MR) is 59.1 cm³/mol. The Balaban J connectivity index is 2.34. The van der Waals surface area contributed by atoms with Gasteiger partial charge in [-0.2, -0.15) is 5.10 Å². The van der Waals surface area contributed by atoms with E-state index in [1.807, 2.05) is 6.20 Å². The molecule has 2 rings (SSSR count). The second kappa shape index (κ2) is 4.49. The van der Waals surface area contributed by atoms with Crippen LogP contribution in [0, 0.1) is 5.82 Å². The van der Waals surface area contributed by atoms with Gasteiger partial charge in [0.1, 0.15) is 5.82 Å². The van der Waals surface area contributed by atoms with E-state index in [-0.39, 0.29) is 5.56 Å². The minimum Gasteiger partial charge on any atom is -0.298 e. The largest absolute Gasteiger partial charge is 0.298 e. The van der Waals surface area contributed by atoms with E-state index in [9.17, 15) is 9.18 Å². The number of aryl methyl sites for hydroxylation is 1. The molecule has 0 saturated carbocycles. The normalized spacial score (nSPS) is 10.4. The maximum absolute atomic E-state index is 13.3. The van der Waals surface area contributed by atoms with Gasteiger partial charge in [0.15, 0.2) is 6.29 Å². The molecule has 0 spiro atoms. The van der Waals surface area contributed by atoms with Crippen LogP contribution < -0.4 is 0 Å². The van der Waals surface area contributed by atoms with Crippen molar-refractivity contribution in [3.63, 3.8) is 0 Å². The van der Waals surface area contributed by atoms with Crippen LogP contribution in [0.25, 0.3) is 0 Å². The summed E-state index contributed by atoms with van der Waals surface area (Å²) in [4.78, 5) is 12.2. The van der Waals surface area contributed by atoms with Gasteiger partial charge in [-0.15, -0.1) is 0 Å². The molecule has 0 radical (unpaired) electrons. The van der Waals surface area contributed by atoms with Crippen molar-refractivity contribution in [1.82, 2.24) is 9.78 Å². The van der Waals surface area contributed by atoms with Crippen LogP contribution in [-0.2, 0) is 7.05 Å². The van der Waals surface area contributed by atoms with Crippen molar-refractivity contribution in [3.8, 4) is 0 Å². The van der Waals surface area contributed by atoms with Gasteiger partial charge in [-0.1, -0.05) is 17.8 Å². The van der Waals surface area contributed by atoms with Gasteiger partial charge in [0.25, 0.3) is 0 Å². The van der Waals surface area contributed by atoms with Crippen LogP contribution in [0.3, 0.4) is 0 Å². The number of halogens is 1. The number of aldehydes is 1. The number of carbonyl (C=O) groups excluding carboxylic acids is 1. The van der Waals surface area contributed by atoms with E-state index in [4.69, 9.17) is 0 Å². The Bertz CT molecular complexity index is 524. The first-order valence-corrected chi connectivity index (χ1v) is 5.42. The molecule has 0 saturated heterocycles. The molecule has 0 atom stereocenters. The van der Waals surface area contributed by atoms with Crippen LogP contribution in [-0.4, -0.2) is 16.1 Å². The lowest BCUT2D eigenvalue weighted by molar-refractivity contribution is 0.111. The van der Waals surface area contributed by atoms with E-state index < -0.39 is 5.82 Å². The second-order valence-corrected chi connectivity index (χ2v) is 4.34. The Labute approximate surface area is 96.3 Å². The number of aromatic nitrogens is 2. The highest BCUT2D eigenvalue weighted by molar-refractivity contribution is 7.99. The highest BCUT2D eigenvalue weighted by atomic mass is 32.2. The van der Waals surface area contributed by atoms with Crippen molar-refractivity contribution < 1.29 is 9.18 Å².